The topological polar surface area (TPSA) is 88.2 Å². The van der Waals surface area contributed by atoms with E-state index in [0.717, 1.165) is 22.0 Å². The molecule has 0 radical (unpaired) electrons. The molecule has 0 fully saturated rings. The molecule has 4 rings (SSSR count). The predicted molar refractivity (Wildman–Crippen MR) is 113 cm³/mol. The van der Waals surface area contributed by atoms with Crippen LogP contribution in [0.25, 0.3) is 10.8 Å². The Hall–Kier alpha value is -4.11. The van der Waals surface area contributed by atoms with Gasteiger partial charge >= 0.3 is 0 Å². The number of nitrogens with one attached hydrogen (secondary N) is 1. The van der Waals surface area contributed by atoms with Gasteiger partial charge in [0.2, 0.25) is 0 Å². The molecule has 1 aromatic heterocycles. The van der Waals surface area contributed by atoms with Crippen LogP contribution in [0.2, 0.25) is 0 Å². The lowest BCUT2D eigenvalue weighted by atomic mass is 10.0. The molecule has 1 heterocycles. The molecular weight excluding hydrogens is 378 g/mol. The summed E-state index contributed by atoms with van der Waals surface area (Å²) < 4.78 is 11.2. The fourth-order valence-corrected chi connectivity index (χ4v) is 3.24. The number of benzene rings is 3. The molecule has 0 aliphatic rings. The Labute approximate surface area is 173 Å². The molecule has 4 aromatic rings. The Kier molecular flexibility index (Phi) is 5.19. The number of nitrogens with zero attached hydrogens (tertiary/aromatic N) is 2. The quantitative estimate of drug-likeness (QED) is 0.503. The monoisotopic (exact) mass is 397 g/mol. The van der Waals surface area contributed by atoms with E-state index in [1.165, 1.54) is 0 Å². The zero-order valence-corrected chi connectivity index (χ0v) is 16.6. The molecule has 3 aromatic carbocycles. The number of aromatic nitrogens is 1. The van der Waals surface area contributed by atoms with Crippen molar-refractivity contribution in [2.24, 2.45) is 0 Å². The van der Waals surface area contributed by atoms with Crippen LogP contribution < -0.4 is 10.1 Å². The van der Waals surface area contributed by atoms with Gasteiger partial charge in [0.25, 0.3) is 5.91 Å². The number of hydrogen-bond acceptors (Lipinski definition) is 5. The summed E-state index contributed by atoms with van der Waals surface area (Å²) in [6.45, 7) is 3.92. The van der Waals surface area contributed by atoms with Gasteiger partial charge in [0.05, 0.1) is 28.5 Å². The lowest BCUT2D eigenvalue weighted by Gasteiger charge is -2.13. The number of fused-ring (bicyclic) bond motifs is 1. The molecular formula is C24H19N3O3. The summed E-state index contributed by atoms with van der Waals surface area (Å²) in [5.74, 6) is 0.833. The molecule has 0 bridgehead atoms. The average Bonchev–Trinajstić information content (AvgIpc) is 3.09. The molecule has 1 N–H and O–H groups in total. The summed E-state index contributed by atoms with van der Waals surface area (Å²) in [6.07, 6.45) is 0. The van der Waals surface area contributed by atoms with Gasteiger partial charge in [0.1, 0.15) is 18.1 Å². The molecule has 0 unspecified atom stereocenters. The highest BCUT2D eigenvalue weighted by atomic mass is 16.5. The summed E-state index contributed by atoms with van der Waals surface area (Å²) in [5.41, 5.74) is 3.04. The van der Waals surface area contributed by atoms with Crippen molar-refractivity contribution in [1.82, 2.24) is 5.16 Å². The van der Waals surface area contributed by atoms with E-state index in [9.17, 15) is 4.79 Å². The molecule has 6 nitrogen and oxygen atoms in total. The Bertz CT molecular complexity index is 1270. The minimum Gasteiger partial charge on any atom is -0.488 e. The van der Waals surface area contributed by atoms with Crippen LogP contribution in [0.1, 0.15) is 32.9 Å². The van der Waals surface area contributed by atoms with Crippen LogP contribution in [0.5, 0.6) is 5.75 Å². The fraction of sp³-hybridized carbons (Fsp3) is 0.125. The number of rotatable bonds is 5. The van der Waals surface area contributed by atoms with E-state index in [2.05, 4.69) is 16.5 Å². The third-order valence-corrected chi connectivity index (χ3v) is 4.90. The van der Waals surface area contributed by atoms with Crippen molar-refractivity contribution in [3.8, 4) is 11.8 Å². The Morgan fingerprint density at radius 1 is 1.10 bits per heavy atom. The van der Waals surface area contributed by atoms with Gasteiger partial charge in [-0.25, -0.2) is 0 Å². The molecule has 1 amide bonds. The number of amides is 1. The van der Waals surface area contributed by atoms with Gasteiger partial charge in [-0.3, -0.25) is 4.79 Å². The molecule has 30 heavy (non-hydrogen) atoms. The van der Waals surface area contributed by atoms with Crippen LogP contribution in [0, 0.1) is 25.2 Å². The average molecular weight is 397 g/mol. The van der Waals surface area contributed by atoms with Gasteiger partial charge in [0, 0.05) is 5.69 Å². The normalized spacial score (nSPS) is 10.6. The van der Waals surface area contributed by atoms with Gasteiger partial charge in [0.15, 0.2) is 0 Å². The number of hydrogen-bond donors (Lipinski definition) is 1. The molecule has 0 spiro atoms. The first-order chi connectivity index (χ1) is 14.5. The van der Waals surface area contributed by atoms with E-state index < -0.39 is 0 Å². The van der Waals surface area contributed by atoms with Crippen molar-refractivity contribution in [3.05, 3.63) is 88.8 Å². The van der Waals surface area contributed by atoms with Crippen LogP contribution in [-0.2, 0) is 6.61 Å². The van der Waals surface area contributed by atoms with Gasteiger partial charge < -0.3 is 14.6 Å². The smallest absolute Gasteiger partial charge is 0.259 e. The number of ether oxygens (including phenoxy) is 1. The first kappa shape index (κ1) is 19.2. The summed E-state index contributed by atoms with van der Waals surface area (Å²) in [6, 6.07) is 20.3. The maximum Gasteiger partial charge on any atom is 0.259 e. The minimum absolute atomic E-state index is 0.240. The molecule has 0 atom stereocenters. The Balaban J connectivity index is 1.68. The van der Waals surface area contributed by atoms with E-state index >= 15 is 0 Å². The van der Waals surface area contributed by atoms with Gasteiger partial charge in [-0.05, 0) is 55.0 Å². The molecule has 6 heteroatoms. The van der Waals surface area contributed by atoms with Crippen molar-refractivity contribution in [3.63, 3.8) is 0 Å². The van der Waals surface area contributed by atoms with E-state index in [1.54, 1.807) is 24.3 Å². The predicted octanol–water partition coefficient (Wildman–Crippen LogP) is 5.15. The molecule has 0 saturated heterocycles. The molecule has 0 aliphatic carbocycles. The Morgan fingerprint density at radius 3 is 2.57 bits per heavy atom. The van der Waals surface area contributed by atoms with Gasteiger partial charge in [-0.1, -0.05) is 35.5 Å². The van der Waals surface area contributed by atoms with E-state index in [0.29, 0.717) is 28.3 Å². The number of nitriles is 1. The third kappa shape index (κ3) is 3.87. The SMILES string of the molecule is Cc1noc(C)c1COc1cc2ccccc2cc1C(=O)Nc1cccc(C#N)c1. The minimum atomic E-state index is -0.315. The number of anilines is 1. The number of carbonyl (C=O) groups excluding carboxylic acids is 1. The van der Waals surface area contributed by atoms with E-state index in [4.69, 9.17) is 14.5 Å². The van der Waals surface area contributed by atoms with E-state index in [1.807, 2.05) is 50.2 Å². The maximum atomic E-state index is 13.1. The van der Waals surface area contributed by atoms with Crippen LogP contribution in [0.3, 0.4) is 0 Å². The maximum absolute atomic E-state index is 13.1. The molecule has 0 aliphatic heterocycles. The standard InChI is InChI=1S/C24H19N3O3/c1-15-22(16(2)30-27-15)14-29-23-12-19-8-4-3-7-18(19)11-21(23)24(28)26-20-9-5-6-17(10-20)13-25/h3-12H,14H2,1-2H3,(H,26,28). The number of carbonyl (C=O) groups is 1. The molecule has 0 saturated carbocycles. The fourth-order valence-electron chi connectivity index (χ4n) is 3.24. The zero-order chi connectivity index (χ0) is 21.1. The van der Waals surface area contributed by atoms with Crippen molar-refractivity contribution in [1.29, 1.82) is 5.26 Å². The first-order valence-electron chi connectivity index (χ1n) is 9.44. The van der Waals surface area contributed by atoms with Crippen LogP contribution in [0.4, 0.5) is 5.69 Å². The molecule has 148 valence electrons. The number of aryl methyl sites for hydroxylation is 2. The summed E-state index contributed by atoms with van der Waals surface area (Å²) >= 11 is 0. The van der Waals surface area contributed by atoms with Crippen LogP contribution >= 0.6 is 0 Å². The summed E-state index contributed by atoms with van der Waals surface area (Å²) in [4.78, 5) is 13.1. The first-order valence-corrected chi connectivity index (χ1v) is 9.44. The highest BCUT2D eigenvalue weighted by Crippen LogP contribution is 2.28. The second-order valence-corrected chi connectivity index (χ2v) is 6.93. The van der Waals surface area contributed by atoms with Crippen LogP contribution in [0.15, 0.2) is 65.2 Å². The van der Waals surface area contributed by atoms with Gasteiger partial charge in [-0.2, -0.15) is 5.26 Å². The van der Waals surface area contributed by atoms with Crippen molar-refractivity contribution >= 4 is 22.4 Å². The van der Waals surface area contributed by atoms with Crippen LogP contribution in [-0.4, -0.2) is 11.1 Å². The lowest BCUT2D eigenvalue weighted by Crippen LogP contribution is -2.14. The summed E-state index contributed by atoms with van der Waals surface area (Å²) in [5, 5.41) is 17.8. The highest BCUT2D eigenvalue weighted by Gasteiger charge is 2.17. The second-order valence-electron chi connectivity index (χ2n) is 6.93. The summed E-state index contributed by atoms with van der Waals surface area (Å²) in [7, 11) is 0. The second kappa shape index (κ2) is 8.10. The van der Waals surface area contributed by atoms with Gasteiger partial charge in [-0.15, -0.1) is 0 Å². The van der Waals surface area contributed by atoms with Crippen molar-refractivity contribution in [2.45, 2.75) is 20.5 Å². The zero-order valence-electron chi connectivity index (χ0n) is 16.6. The largest absolute Gasteiger partial charge is 0.488 e. The van der Waals surface area contributed by atoms with E-state index in [-0.39, 0.29) is 12.5 Å². The van der Waals surface area contributed by atoms with Crippen molar-refractivity contribution < 1.29 is 14.1 Å². The third-order valence-electron chi connectivity index (χ3n) is 4.90. The Morgan fingerprint density at radius 2 is 1.87 bits per heavy atom. The lowest BCUT2D eigenvalue weighted by molar-refractivity contribution is 0.102. The highest BCUT2D eigenvalue weighted by molar-refractivity contribution is 6.08. The van der Waals surface area contributed by atoms with Crippen molar-refractivity contribution in [2.75, 3.05) is 5.32 Å².